The number of hydrogen-bond acceptors (Lipinski definition) is 2. The fraction of sp³-hybridized carbons (Fsp3) is 0.875. The molecule has 1 atom stereocenters. The van der Waals surface area contributed by atoms with Crippen LogP contribution in [0.3, 0.4) is 0 Å². The molecule has 0 aromatic carbocycles. The van der Waals surface area contributed by atoms with E-state index in [-0.39, 0.29) is 5.41 Å². The quantitative estimate of drug-likeness (QED) is 0.582. The van der Waals surface area contributed by atoms with Crippen LogP contribution in [0.15, 0.2) is 0 Å². The van der Waals surface area contributed by atoms with Crippen molar-refractivity contribution in [1.82, 2.24) is 0 Å². The summed E-state index contributed by atoms with van der Waals surface area (Å²) < 4.78 is 5.16. The summed E-state index contributed by atoms with van der Waals surface area (Å²) in [6.07, 6.45) is 1.54. The second kappa shape index (κ2) is 2.70. The molecule has 0 spiro atoms. The second-order valence-electron chi connectivity index (χ2n) is 3.14. The van der Waals surface area contributed by atoms with Gasteiger partial charge in [0.1, 0.15) is 5.78 Å². The molecule has 1 aliphatic rings. The van der Waals surface area contributed by atoms with Crippen molar-refractivity contribution in [2.75, 3.05) is 13.2 Å². The van der Waals surface area contributed by atoms with Gasteiger partial charge in [0, 0.05) is 13.0 Å². The lowest BCUT2D eigenvalue weighted by Gasteiger charge is -2.18. The lowest BCUT2D eigenvalue weighted by molar-refractivity contribution is -0.127. The third kappa shape index (κ3) is 1.21. The molecular weight excluding hydrogens is 128 g/mol. The van der Waals surface area contributed by atoms with Gasteiger partial charge in [0.05, 0.1) is 12.0 Å². The molecule has 1 saturated heterocycles. The first-order valence-electron chi connectivity index (χ1n) is 3.80. The van der Waals surface area contributed by atoms with E-state index in [0.717, 1.165) is 13.0 Å². The standard InChI is InChI=1S/C8H14O2/c1-3-7(9)8(2)4-5-10-6-8/h3-6H2,1-2H3. The Morgan fingerprint density at radius 1 is 1.70 bits per heavy atom. The van der Waals surface area contributed by atoms with Crippen LogP contribution in [-0.2, 0) is 9.53 Å². The summed E-state index contributed by atoms with van der Waals surface area (Å²) in [7, 11) is 0. The molecule has 0 amide bonds. The highest BCUT2D eigenvalue weighted by atomic mass is 16.5. The molecule has 0 saturated carbocycles. The summed E-state index contributed by atoms with van der Waals surface area (Å²) in [5, 5.41) is 0. The van der Waals surface area contributed by atoms with E-state index in [1.165, 1.54) is 0 Å². The van der Waals surface area contributed by atoms with Gasteiger partial charge in [-0.25, -0.2) is 0 Å². The fourth-order valence-electron chi connectivity index (χ4n) is 1.31. The number of hydrogen-bond donors (Lipinski definition) is 0. The average Bonchev–Trinajstić information content (AvgIpc) is 2.36. The van der Waals surface area contributed by atoms with E-state index in [1.807, 2.05) is 13.8 Å². The number of ketones is 1. The first kappa shape index (κ1) is 7.73. The molecule has 10 heavy (non-hydrogen) atoms. The van der Waals surface area contributed by atoms with Crippen molar-refractivity contribution < 1.29 is 9.53 Å². The van der Waals surface area contributed by atoms with Gasteiger partial charge in [-0.2, -0.15) is 0 Å². The molecule has 0 N–H and O–H groups in total. The highest BCUT2D eigenvalue weighted by molar-refractivity contribution is 5.84. The molecule has 2 nitrogen and oxygen atoms in total. The molecule has 0 radical (unpaired) electrons. The zero-order valence-electron chi connectivity index (χ0n) is 6.64. The molecule has 0 bridgehead atoms. The van der Waals surface area contributed by atoms with Gasteiger partial charge in [-0.1, -0.05) is 13.8 Å². The van der Waals surface area contributed by atoms with Gasteiger partial charge in [-0.15, -0.1) is 0 Å². The molecule has 0 aromatic rings. The van der Waals surface area contributed by atoms with Gasteiger partial charge in [0.2, 0.25) is 0 Å². The van der Waals surface area contributed by atoms with Gasteiger partial charge in [0.25, 0.3) is 0 Å². The van der Waals surface area contributed by atoms with Gasteiger partial charge in [-0.3, -0.25) is 4.79 Å². The highest BCUT2D eigenvalue weighted by Gasteiger charge is 2.35. The maximum atomic E-state index is 11.3. The van der Waals surface area contributed by atoms with Crippen molar-refractivity contribution in [3.63, 3.8) is 0 Å². The summed E-state index contributed by atoms with van der Waals surface area (Å²) in [6.45, 7) is 5.28. The van der Waals surface area contributed by atoms with Gasteiger partial charge >= 0.3 is 0 Å². The summed E-state index contributed by atoms with van der Waals surface area (Å²) >= 11 is 0. The van der Waals surface area contributed by atoms with Crippen LogP contribution in [0.25, 0.3) is 0 Å². The normalized spacial score (nSPS) is 32.6. The van der Waals surface area contributed by atoms with E-state index in [9.17, 15) is 4.79 Å². The summed E-state index contributed by atoms with van der Waals surface area (Å²) in [4.78, 5) is 11.3. The van der Waals surface area contributed by atoms with Gasteiger partial charge in [0.15, 0.2) is 0 Å². The maximum absolute atomic E-state index is 11.3. The van der Waals surface area contributed by atoms with E-state index < -0.39 is 0 Å². The Bertz CT molecular complexity index is 134. The van der Waals surface area contributed by atoms with Crippen LogP contribution in [0.2, 0.25) is 0 Å². The van der Waals surface area contributed by atoms with Crippen molar-refractivity contribution in [3.8, 4) is 0 Å². The summed E-state index contributed by atoms with van der Waals surface area (Å²) in [6, 6.07) is 0. The second-order valence-corrected chi connectivity index (χ2v) is 3.14. The summed E-state index contributed by atoms with van der Waals surface area (Å²) in [5.74, 6) is 0.338. The molecule has 2 heteroatoms. The van der Waals surface area contributed by atoms with Crippen LogP contribution in [0.5, 0.6) is 0 Å². The lowest BCUT2D eigenvalue weighted by Crippen LogP contribution is -2.27. The van der Waals surface area contributed by atoms with E-state index >= 15 is 0 Å². The van der Waals surface area contributed by atoms with Crippen LogP contribution in [0, 0.1) is 5.41 Å². The monoisotopic (exact) mass is 142 g/mol. The van der Waals surface area contributed by atoms with Gasteiger partial charge < -0.3 is 4.74 Å². The van der Waals surface area contributed by atoms with Crippen LogP contribution < -0.4 is 0 Å². The number of carbonyl (C=O) groups is 1. The van der Waals surface area contributed by atoms with Crippen molar-refractivity contribution in [3.05, 3.63) is 0 Å². The van der Waals surface area contributed by atoms with E-state index in [4.69, 9.17) is 4.74 Å². The molecule has 1 unspecified atom stereocenters. The zero-order valence-corrected chi connectivity index (χ0v) is 6.64. The van der Waals surface area contributed by atoms with Crippen LogP contribution in [-0.4, -0.2) is 19.0 Å². The summed E-state index contributed by atoms with van der Waals surface area (Å²) in [5.41, 5.74) is -0.158. The Balaban J connectivity index is 2.58. The maximum Gasteiger partial charge on any atom is 0.140 e. The molecule has 0 aromatic heterocycles. The minimum atomic E-state index is -0.158. The highest BCUT2D eigenvalue weighted by Crippen LogP contribution is 2.29. The molecule has 1 aliphatic heterocycles. The van der Waals surface area contributed by atoms with Crippen LogP contribution in [0.1, 0.15) is 26.7 Å². The average molecular weight is 142 g/mol. The SMILES string of the molecule is CCC(=O)C1(C)CCOC1. The smallest absolute Gasteiger partial charge is 0.140 e. The Morgan fingerprint density at radius 3 is 2.80 bits per heavy atom. The lowest BCUT2D eigenvalue weighted by atomic mass is 9.84. The van der Waals surface area contributed by atoms with E-state index in [2.05, 4.69) is 0 Å². The topological polar surface area (TPSA) is 26.3 Å². The molecular formula is C8H14O2. The first-order chi connectivity index (χ1) is 4.69. The largest absolute Gasteiger partial charge is 0.380 e. The van der Waals surface area contributed by atoms with E-state index in [1.54, 1.807) is 0 Å². The molecule has 1 fully saturated rings. The third-order valence-corrected chi connectivity index (χ3v) is 2.21. The van der Waals surface area contributed by atoms with Crippen molar-refractivity contribution >= 4 is 5.78 Å². The number of carbonyl (C=O) groups excluding carboxylic acids is 1. The minimum Gasteiger partial charge on any atom is -0.380 e. The minimum absolute atomic E-state index is 0.158. The number of Topliss-reactive ketones (excluding diaryl/α,β-unsaturated/α-hetero) is 1. The fourth-order valence-corrected chi connectivity index (χ4v) is 1.31. The molecule has 1 heterocycles. The van der Waals surface area contributed by atoms with Crippen molar-refractivity contribution in [2.24, 2.45) is 5.41 Å². The Labute approximate surface area is 61.6 Å². The zero-order chi connectivity index (χ0) is 7.61. The van der Waals surface area contributed by atoms with Crippen LogP contribution >= 0.6 is 0 Å². The number of rotatable bonds is 2. The van der Waals surface area contributed by atoms with Crippen molar-refractivity contribution in [1.29, 1.82) is 0 Å². The molecule has 1 rings (SSSR count). The Morgan fingerprint density at radius 2 is 2.40 bits per heavy atom. The van der Waals surface area contributed by atoms with Gasteiger partial charge in [-0.05, 0) is 6.42 Å². The third-order valence-electron chi connectivity index (χ3n) is 2.21. The first-order valence-corrected chi connectivity index (χ1v) is 3.80. The molecule has 0 aliphatic carbocycles. The Kier molecular flexibility index (Phi) is 2.09. The van der Waals surface area contributed by atoms with Crippen LogP contribution in [0.4, 0.5) is 0 Å². The van der Waals surface area contributed by atoms with E-state index in [0.29, 0.717) is 18.8 Å². The molecule has 58 valence electrons. The number of ether oxygens (including phenoxy) is 1. The predicted octanol–water partition coefficient (Wildman–Crippen LogP) is 1.39. The van der Waals surface area contributed by atoms with Crippen molar-refractivity contribution in [2.45, 2.75) is 26.7 Å². The predicted molar refractivity (Wildman–Crippen MR) is 38.8 cm³/mol. The Hall–Kier alpha value is -0.370.